The molecule has 7 heteroatoms. The molecule has 0 aliphatic carbocycles. The van der Waals surface area contributed by atoms with Gasteiger partial charge >= 0.3 is 0 Å². The van der Waals surface area contributed by atoms with E-state index < -0.39 is 0 Å². The minimum absolute atomic E-state index is 0.130. The molecule has 0 unspecified atom stereocenters. The lowest BCUT2D eigenvalue weighted by Crippen LogP contribution is -2.43. The van der Waals surface area contributed by atoms with Crippen LogP contribution in [0.4, 0.5) is 11.5 Å². The molecule has 0 bridgehead atoms. The number of hydrogen-bond donors (Lipinski definition) is 3. The maximum Gasteiger partial charge on any atom is 0.169 e. The Morgan fingerprint density at radius 2 is 2.05 bits per heavy atom. The number of rotatable bonds is 2. The van der Waals surface area contributed by atoms with Gasteiger partial charge in [0.25, 0.3) is 0 Å². The summed E-state index contributed by atoms with van der Waals surface area (Å²) in [5, 5.41) is 21.2. The van der Waals surface area contributed by atoms with Crippen LogP contribution in [0, 0.1) is 0 Å². The van der Waals surface area contributed by atoms with Crippen LogP contribution in [0.15, 0.2) is 24.5 Å². The first-order chi connectivity index (χ1) is 9.75. The lowest BCUT2D eigenvalue weighted by molar-refractivity contribution is 0.476. The molecule has 1 fully saturated rings. The molecule has 7 nitrogen and oxygen atoms in total. The Labute approximate surface area is 116 Å². The number of anilines is 2. The molecular formula is C13H16N6O. The topological polar surface area (TPSA) is 100 Å². The molecule has 0 amide bonds. The second-order valence-electron chi connectivity index (χ2n) is 4.63. The highest BCUT2D eigenvalue weighted by molar-refractivity contribution is 5.73. The van der Waals surface area contributed by atoms with Crippen molar-refractivity contribution in [3.63, 3.8) is 0 Å². The van der Waals surface area contributed by atoms with Gasteiger partial charge in [-0.15, -0.1) is 10.2 Å². The molecule has 3 rings (SSSR count). The van der Waals surface area contributed by atoms with E-state index in [2.05, 4.69) is 25.4 Å². The van der Waals surface area contributed by atoms with Crippen molar-refractivity contribution in [1.82, 2.24) is 20.5 Å². The fraction of sp³-hybridized carbons (Fsp3) is 0.308. The Kier molecular flexibility index (Phi) is 3.34. The van der Waals surface area contributed by atoms with Gasteiger partial charge in [0.15, 0.2) is 5.82 Å². The summed E-state index contributed by atoms with van der Waals surface area (Å²) in [6, 6.07) is 3.38. The number of aromatic nitrogens is 3. The van der Waals surface area contributed by atoms with E-state index in [0.29, 0.717) is 17.1 Å². The Morgan fingerprint density at radius 1 is 1.25 bits per heavy atom. The average Bonchev–Trinajstić information content (AvgIpc) is 2.49. The highest BCUT2D eigenvalue weighted by atomic mass is 16.3. The number of nitrogens with two attached hydrogens (primary N) is 1. The molecule has 0 saturated carbocycles. The summed E-state index contributed by atoms with van der Waals surface area (Å²) in [6.07, 6.45) is 3.10. The molecule has 0 aromatic carbocycles. The van der Waals surface area contributed by atoms with Crippen LogP contribution in [0.2, 0.25) is 0 Å². The van der Waals surface area contributed by atoms with Crippen molar-refractivity contribution < 1.29 is 5.11 Å². The van der Waals surface area contributed by atoms with Gasteiger partial charge in [-0.05, 0) is 12.1 Å². The number of piperazine rings is 1. The number of nitrogen functional groups attached to an aromatic ring is 1. The fourth-order valence-electron chi connectivity index (χ4n) is 2.27. The van der Waals surface area contributed by atoms with Crippen molar-refractivity contribution in [3.05, 3.63) is 24.5 Å². The summed E-state index contributed by atoms with van der Waals surface area (Å²) in [5.41, 5.74) is 7.89. The van der Waals surface area contributed by atoms with Crippen molar-refractivity contribution in [1.29, 1.82) is 0 Å². The van der Waals surface area contributed by atoms with E-state index in [0.717, 1.165) is 31.9 Å². The Morgan fingerprint density at radius 3 is 2.80 bits per heavy atom. The Hall–Kier alpha value is -2.41. The molecule has 3 heterocycles. The first-order valence-corrected chi connectivity index (χ1v) is 6.48. The fourth-order valence-corrected chi connectivity index (χ4v) is 2.27. The van der Waals surface area contributed by atoms with Crippen LogP contribution < -0.4 is 16.0 Å². The highest BCUT2D eigenvalue weighted by Gasteiger charge is 2.16. The zero-order valence-electron chi connectivity index (χ0n) is 11.0. The Balaban J connectivity index is 2.00. The minimum Gasteiger partial charge on any atom is -0.507 e. The lowest BCUT2D eigenvalue weighted by atomic mass is 10.1. The summed E-state index contributed by atoms with van der Waals surface area (Å²) < 4.78 is 0. The smallest absolute Gasteiger partial charge is 0.169 e. The number of pyridine rings is 1. The second-order valence-corrected chi connectivity index (χ2v) is 4.63. The average molecular weight is 272 g/mol. The number of hydrogen-bond acceptors (Lipinski definition) is 7. The van der Waals surface area contributed by atoms with Crippen LogP contribution >= 0.6 is 0 Å². The van der Waals surface area contributed by atoms with E-state index in [9.17, 15) is 5.11 Å². The molecule has 1 saturated heterocycles. The predicted octanol–water partition coefficient (Wildman–Crippen LogP) is 0.236. The van der Waals surface area contributed by atoms with Crippen LogP contribution in [0.25, 0.3) is 11.3 Å². The van der Waals surface area contributed by atoms with Crippen LogP contribution in [-0.4, -0.2) is 46.5 Å². The van der Waals surface area contributed by atoms with Crippen molar-refractivity contribution in [2.24, 2.45) is 0 Å². The molecular weight excluding hydrogens is 256 g/mol. The van der Waals surface area contributed by atoms with Gasteiger partial charge in [0.05, 0.1) is 11.3 Å². The van der Waals surface area contributed by atoms with E-state index >= 15 is 0 Å². The monoisotopic (exact) mass is 272 g/mol. The van der Waals surface area contributed by atoms with Crippen molar-refractivity contribution in [3.8, 4) is 17.0 Å². The maximum absolute atomic E-state index is 9.87. The van der Waals surface area contributed by atoms with Gasteiger partial charge < -0.3 is 21.1 Å². The van der Waals surface area contributed by atoms with Gasteiger partial charge in [0.2, 0.25) is 0 Å². The molecule has 20 heavy (non-hydrogen) atoms. The second kappa shape index (κ2) is 5.30. The zero-order chi connectivity index (χ0) is 13.9. The summed E-state index contributed by atoms with van der Waals surface area (Å²) in [7, 11) is 0. The third-order valence-electron chi connectivity index (χ3n) is 3.33. The number of aromatic hydroxyl groups is 1. The van der Waals surface area contributed by atoms with E-state index in [1.165, 1.54) is 12.3 Å². The van der Waals surface area contributed by atoms with E-state index in [4.69, 9.17) is 5.73 Å². The molecule has 4 N–H and O–H groups in total. The van der Waals surface area contributed by atoms with Crippen molar-refractivity contribution in [2.75, 3.05) is 36.8 Å². The predicted molar refractivity (Wildman–Crippen MR) is 76.4 cm³/mol. The van der Waals surface area contributed by atoms with Crippen LogP contribution in [0.5, 0.6) is 5.75 Å². The van der Waals surface area contributed by atoms with Crippen LogP contribution in [0.3, 0.4) is 0 Å². The molecule has 0 atom stereocenters. The highest BCUT2D eigenvalue weighted by Crippen LogP contribution is 2.30. The summed E-state index contributed by atoms with van der Waals surface area (Å²) in [5.74, 6) is 0.532. The first-order valence-electron chi connectivity index (χ1n) is 6.48. The van der Waals surface area contributed by atoms with Gasteiger partial charge in [-0.3, -0.25) is 4.98 Å². The summed E-state index contributed by atoms with van der Waals surface area (Å²) in [6.45, 7) is 3.56. The van der Waals surface area contributed by atoms with Gasteiger partial charge in [0, 0.05) is 38.6 Å². The molecule has 2 aromatic heterocycles. The number of nitrogens with zero attached hydrogens (tertiary/aromatic N) is 4. The van der Waals surface area contributed by atoms with Crippen LogP contribution in [-0.2, 0) is 0 Å². The third-order valence-corrected chi connectivity index (χ3v) is 3.33. The van der Waals surface area contributed by atoms with E-state index in [1.54, 1.807) is 6.20 Å². The van der Waals surface area contributed by atoms with Crippen molar-refractivity contribution >= 4 is 11.5 Å². The lowest BCUT2D eigenvalue weighted by Gasteiger charge is -2.29. The quantitative estimate of drug-likeness (QED) is 0.719. The molecule has 1 aliphatic heterocycles. The summed E-state index contributed by atoms with van der Waals surface area (Å²) >= 11 is 0. The standard InChI is InChI=1S/C13H16N6O/c14-13-11(19-5-3-15-4-6-19)7-10(17-18-13)9-8-16-2-1-12(9)20/h1-2,7-8,15H,3-6H2,(H2,14,18)(H,16,20). The van der Waals surface area contributed by atoms with E-state index in [-0.39, 0.29) is 5.75 Å². The van der Waals surface area contributed by atoms with Crippen molar-refractivity contribution in [2.45, 2.75) is 0 Å². The largest absolute Gasteiger partial charge is 0.507 e. The summed E-state index contributed by atoms with van der Waals surface area (Å²) in [4.78, 5) is 6.17. The minimum atomic E-state index is 0.130. The third kappa shape index (κ3) is 2.35. The van der Waals surface area contributed by atoms with Crippen LogP contribution in [0.1, 0.15) is 0 Å². The molecule has 2 aromatic rings. The SMILES string of the molecule is Nc1nnc(-c2cnccc2O)cc1N1CCNCC1. The van der Waals surface area contributed by atoms with Gasteiger partial charge in [-0.1, -0.05) is 0 Å². The molecule has 104 valence electrons. The maximum atomic E-state index is 9.87. The normalized spacial score (nSPS) is 15.3. The molecule has 0 spiro atoms. The zero-order valence-corrected chi connectivity index (χ0v) is 11.0. The molecule has 0 radical (unpaired) electrons. The number of nitrogens with one attached hydrogen (secondary N) is 1. The van der Waals surface area contributed by atoms with Gasteiger partial charge in [-0.2, -0.15) is 0 Å². The van der Waals surface area contributed by atoms with Gasteiger partial charge in [-0.25, -0.2) is 0 Å². The Bertz CT molecular complexity index is 612. The van der Waals surface area contributed by atoms with E-state index in [1.807, 2.05) is 6.07 Å². The van der Waals surface area contributed by atoms with Gasteiger partial charge in [0.1, 0.15) is 11.4 Å². The molecule has 1 aliphatic rings. The first kappa shape index (κ1) is 12.6.